The molecule has 2 atom stereocenters. The third-order valence-corrected chi connectivity index (χ3v) is 8.13. The second-order valence-electron chi connectivity index (χ2n) is 7.78. The summed E-state index contributed by atoms with van der Waals surface area (Å²) in [5, 5.41) is 0. The summed E-state index contributed by atoms with van der Waals surface area (Å²) in [5.41, 5.74) is 5.41. The van der Waals surface area contributed by atoms with Gasteiger partial charge in [-0.2, -0.15) is 4.31 Å². The molecule has 27 heavy (non-hydrogen) atoms. The van der Waals surface area contributed by atoms with Gasteiger partial charge in [-0.05, 0) is 48.9 Å². The Morgan fingerprint density at radius 3 is 2.52 bits per heavy atom. The van der Waals surface area contributed by atoms with Crippen molar-refractivity contribution in [2.45, 2.75) is 24.7 Å². The van der Waals surface area contributed by atoms with Crippen LogP contribution in [0, 0.1) is 18.8 Å². The number of allylic oxidation sites excluding steroid dienone is 2. The molecule has 0 saturated carbocycles. The van der Waals surface area contributed by atoms with Gasteiger partial charge in [0.15, 0.2) is 5.78 Å². The molecule has 1 unspecified atom stereocenters. The van der Waals surface area contributed by atoms with E-state index in [-0.39, 0.29) is 24.2 Å². The van der Waals surface area contributed by atoms with Crippen molar-refractivity contribution in [3.63, 3.8) is 0 Å². The number of carbonyl (C=O) groups excluding carboxylic acids is 1. The van der Waals surface area contributed by atoms with E-state index >= 15 is 0 Å². The molecule has 0 bridgehead atoms. The first-order valence-corrected chi connectivity index (χ1v) is 10.8. The maximum absolute atomic E-state index is 13.2. The zero-order valence-corrected chi connectivity index (χ0v) is 16.0. The van der Waals surface area contributed by atoms with Gasteiger partial charge in [0.25, 0.3) is 0 Å². The van der Waals surface area contributed by atoms with Crippen LogP contribution in [-0.2, 0) is 21.2 Å². The molecule has 3 aliphatic rings. The Hall–Kier alpha value is -2.24. The van der Waals surface area contributed by atoms with Crippen LogP contribution in [0.1, 0.15) is 23.1 Å². The number of piperidine rings is 1. The van der Waals surface area contributed by atoms with Gasteiger partial charge in [0, 0.05) is 24.6 Å². The number of carbonyl (C=O) groups is 1. The van der Waals surface area contributed by atoms with E-state index < -0.39 is 10.0 Å². The summed E-state index contributed by atoms with van der Waals surface area (Å²) in [4.78, 5) is 13.5. The van der Waals surface area contributed by atoms with Gasteiger partial charge >= 0.3 is 0 Å². The first kappa shape index (κ1) is 16.9. The fraction of sp³-hybridized carbons (Fsp3) is 0.318. The fourth-order valence-electron chi connectivity index (χ4n) is 4.86. The standard InChI is InChI=1S/C22H21NO3S/c1-14-6-8-16(9-7-14)27(25,26)23-11-10-18-19-12-15-4-2-3-5-17(15)21(19)22(24)20(18)13-23/h2-9,18,20H,10-13H2,1H3/t18?,20-/m0/s1. The summed E-state index contributed by atoms with van der Waals surface area (Å²) in [6.07, 6.45) is 1.55. The summed E-state index contributed by atoms with van der Waals surface area (Å²) in [6.45, 7) is 2.69. The number of Topliss-reactive ketones (excluding diaryl/α,β-unsaturated/α-hetero) is 1. The summed E-state index contributed by atoms with van der Waals surface area (Å²) in [5.74, 6) is 0.0745. The molecule has 1 fully saturated rings. The Morgan fingerprint density at radius 1 is 1.00 bits per heavy atom. The molecule has 0 amide bonds. The van der Waals surface area contributed by atoms with Gasteiger partial charge in [-0.25, -0.2) is 8.42 Å². The molecular weight excluding hydrogens is 358 g/mol. The fourth-order valence-corrected chi connectivity index (χ4v) is 6.34. The van der Waals surface area contributed by atoms with E-state index in [1.165, 1.54) is 15.4 Å². The van der Waals surface area contributed by atoms with E-state index in [0.717, 1.165) is 23.1 Å². The summed E-state index contributed by atoms with van der Waals surface area (Å²) in [6, 6.07) is 15.0. The van der Waals surface area contributed by atoms with Crippen LogP contribution in [0.25, 0.3) is 5.57 Å². The minimum absolute atomic E-state index is 0.128. The minimum atomic E-state index is -3.56. The van der Waals surface area contributed by atoms with Crippen molar-refractivity contribution in [2.24, 2.45) is 11.8 Å². The van der Waals surface area contributed by atoms with Crippen molar-refractivity contribution < 1.29 is 13.2 Å². The molecule has 4 nitrogen and oxygen atoms in total. The average Bonchev–Trinajstić information content (AvgIpc) is 3.18. The van der Waals surface area contributed by atoms with Crippen molar-refractivity contribution in [1.29, 1.82) is 0 Å². The molecule has 5 heteroatoms. The van der Waals surface area contributed by atoms with Gasteiger partial charge in [-0.3, -0.25) is 4.79 Å². The Labute approximate surface area is 159 Å². The molecule has 1 saturated heterocycles. The predicted octanol–water partition coefficient (Wildman–Crippen LogP) is 3.21. The van der Waals surface area contributed by atoms with Crippen molar-refractivity contribution in [3.05, 3.63) is 70.8 Å². The molecule has 0 radical (unpaired) electrons. The first-order valence-electron chi connectivity index (χ1n) is 9.39. The van der Waals surface area contributed by atoms with E-state index in [1.54, 1.807) is 12.1 Å². The highest BCUT2D eigenvalue weighted by molar-refractivity contribution is 7.89. The molecule has 0 spiro atoms. The van der Waals surface area contributed by atoms with E-state index in [2.05, 4.69) is 6.07 Å². The number of nitrogens with zero attached hydrogens (tertiary/aromatic N) is 1. The van der Waals surface area contributed by atoms with Crippen LogP contribution in [0.4, 0.5) is 0 Å². The van der Waals surface area contributed by atoms with Gasteiger partial charge in [-0.1, -0.05) is 47.5 Å². The molecule has 1 aliphatic heterocycles. The van der Waals surface area contributed by atoms with Gasteiger partial charge in [0.1, 0.15) is 0 Å². The largest absolute Gasteiger partial charge is 0.294 e. The molecule has 2 aromatic rings. The van der Waals surface area contributed by atoms with Crippen LogP contribution < -0.4 is 0 Å². The number of fused-ring (bicyclic) bond motifs is 4. The van der Waals surface area contributed by atoms with Crippen LogP contribution >= 0.6 is 0 Å². The second kappa shape index (κ2) is 5.88. The van der Waals surface area contributed by atoms with Gasteiger partial charge in [-0.15, -0.1) is 0 Å². The van der Waals surface area contributed by atoms with Crippen LogP contribution in [-0.4, -0.2) is 31.6 Å². The highest BCUT2D eigenvalue weighted by Gasteiger charge is 2.49. The quantitative estimate of drug-likeness (QED) is 0.805. The first-order chi connectivity index (χ1) is 13.0. The molecule has 138 valence electrons. The van der Waals surface area contributed by atoms with Crippen LogP contribution in [0.15, 0.2) is 59.0 Å². The van der Waals surface area contributed by atoms with E-state index in [9.17, 15) is 13.2 Å². The number of aryl methyl sites for hydroxylation is 1. The molecule has 0 aromatic heterocycles. The van der Waals surface area contributed by atoms with Gasteiger partial charge < -0.3 is 0 Å². The molecule has 1 heterocycles. The van der Waals surface area contributed by atoms with Gasteiger partial charge in [0.05, 0.1) is 4.90 Å². The normalized spacial score (nSPS) is 24.7. The summed E-state index contributed by atoms with van der Waals surface area (Å²) < 4.78 is 27.6. The van der Waals surface area contributed by atoms with E-state index in [4.69, 9.17) is 0 Å². The Balaban J connectivity index is 1.44. The highest BCUT2D eigenvalue weighted by Crippen LogP contribution is 2.50. The molecule has 5 rings (SSSR count). The maximum atomic E-state index is 13.2. The SMILES string of the molecule is Cc1ccc(S(=O)(=O)N2CCC3C4=C(C(=O)[C@H]3C2)c2ccccc2C4)cc1. The van der Waals surface area contributed by atoms with E-state index in [1.807, 2.05) is 37.3 Å². The average molecular weight is 379 g/mol. The highest BCUT2D eigenvalue weighted by atomic mass is 32.2. The number of ketones is 1. The van der Waals surface area contributed by atoms with Crippen LogP contribution in [0.5, 0.6) is 0 Å². The topological polar surface area (TPSA) is 54.5 Å². The summed E-state index contributed by atoms with van der Waals surface area (Å²) >= 11 is 0. The minimum Gasteiger partial charge on any atom is -0.294 e. The lowest BCUT2D eigenvalue weighted by molar-refractivity contribution is -0.118. The lowest BCUT2D eigenvalue weighted by Gasteiger charge is -2.35. The number of sulfonamides is 1. The van der Waals surface area contributed by atoms with Crippen molar-refractivity contribution >= 4 is 21.4 Å². The number of benzene rings is 2. The van der Waals surface area contributed by atoms with Crippen molar-refractivity contribution in [2.75, 3.05) is 13.1 Å². The second-order valence-corrected chi connectivity index (χ2v) is 9.71. The van der Waals surface area contributed by atoms with Crippen LogP contribution in [0.3, 0.4) is 0 Å². The Bertz CT molecular complexity index is 1080. The number of hydrogen-bond acceptors (Lipinski definition) is 3. The molecule has 2 aromatic carbocycles. The third kappa shape index (κ3) is 2.45. The smallest absolute Gasteiger partial charge is 0.243 e. The predicted molar refractivity (Wildman–Crippen MR) is 104 cm³/mol. The van der Waals surface area contributed by atoms with Crippen molar-refractivity contribution in [3.8, 4) is 0 Å². The lowest BCUT2D eigenvalue weighted by Crippen LogP contribution is -2.45. The zero-order valence-electron chi connectivity index (χ0n) is 15.2. The Morgan fingerprint density at radius 2 is 1.74 bits per heavy atom. The Kier molecular flexibility index (Phi) is 3.68. The molecule has 0 N–H and O–H groups in total. The van der Waals surface area contributed by atoms with Gasteiger partial charge in [0.2, 0.25) is 10.0 Å². The van der Waals surface area contributed by atoms with Crippen LogP contribution in [0.2, 0.25) is 0 Å². The lowest BCUT2D eigenvalue weighted by atomic mass is 9.83. The van der Waals surface area contributed by atoms with Crippen molar-refractivity contribution in [1.82, 2.24) is 4.31 Å². The zero-order chi connectivity index (χ0) is 18.8. The number of hydrogen-bond donors (Lipinski definition) is 0. The number of rotatable bonds is 2. The molecular formula is C22H21NO3S. The third-order valence-electron chi connectivity index (χ3n) is 6.25. The van der Waals surface area contributed by atoms with E-state index in [0.29, 0.717) is 17.9 Å². The summed E-state index contributed by atoms with van der Waals surface area (Å²) in [7, 11) is -3.56. The monoisotopic (exact) mass is 379 g/mol. The maximum Gasteiger partial charge on any atom is 0.243 e. The molecule has 2 aliphatic carbocycles.